The maximum atomic E-state index is 12.0. The molecule has 4 N–H and O–H groups in total. The lowest BCUT2D eigenvalue weighted by molar-refractivity contribution is -0.165. The van der Waals surface area contributed by atoms with Crippen LogP contribution in [0, 0.1) is 64.1 Å². The molecule has 296 valence electrons. The number of esters is 2. The smallest absolute Gasteiger partial charge is 0.305 e. The largest absolute Gasteiger partial charge is 0.461 e. The minimum Gasteiger partial charge on any atom is -0.461 e. The van der Waals surface area contributed by atoms with Crippen molar-refractivity contribution in [2.24, 2.45) is 64.1 Å². The minimum atomic E-state index is -0.443. The van der Waals surface area contributed by atoms with Gasteiger partial charge >= 0.3 is 11.9 Å². The molecule has 0 amide bonds. The van der Waals surface area contributed by atoms with Gasteiger partial charge < -0.3 is 29.9 Å². The number of carbonyl (C=O) groups is 2. The molecule has 0 aromatic heterocycles. The Hall–Kier alpha value is -0.520. The zero-order valence-electron chi connectivity index (χ0n) is 31.0. The van der Waals surface area contributed by atoms with E-state index in [9.17, 15) is 30.0 Å². The molecule has 0 aromatic carbocycles. The summed E-state index contributed by atoms with van der Waals surface area (Å²) < 4.78 is 11.6. The Kier molecular flexibility index (Phi) is 12.5. The van der Waals surface area contributed by atoms with Crippen molar-refractivity contribution in [1.29, 1.82) is 0 Å². The molecule has 8 aliphatic carbocycles. The predicted octanol–water partition coefficient (Wildman–Crippen LogP) is 7.50. The van der Waals surface area contributed by atoms with Crippen LogP contribution in [0.25, 0.3) is 0 Å². The molecule has 10 heteroatoms. The van der Waals surface area contributed by atoms with Crippen molar-refractivity contribution in [3.63, 3.8) is 0 Å². The summed E-state index contributed by atoms with van der Waals surface area (Å²) in [6, 6.07) is 0. The molecule has 0 heterocycles. The Morgan fingerprint density at radius 1 is 0.769 bits per heavy atom. The van der Waals surface area contributed by atoms with Gasteiger partial charge in [-0.3, -0.25) is 9.59 Å². The van der Waals surface area contributed by atoms with Crippen LogP contribution in [-0.4, -0.2) is 78.6 Å². The summed E-state index contributed by atoms with van der Waals surface area (Å²) in [6.45, 7) is 7.87. The normalized spacial score (nSPS) is 51.6. The zero-order valence-corrected chi connectivity index (χ0v) is 34.1. The molecule has 0 aromatic rings. The van der Waals surface area contributed by atoms with Crippen LogP contribution in [0.1, 0.15) is 125 Å². The number of halogens is 2. The fourth-order valence-electron chi connectivity index (χ4n) is 13.8. The standard InChI is InChI=1S/C21H31BrO4.C20H31BrO4.CH4/c1-3-18(25)26-20-16(22)10-15-19-14(6-7-21(15,20)2)13-5-4-12(23)8-11(13)9-17(19)24;1-10(22)25-19-16(21)9-15-18-14(5-6-20(15,19)2)13-4-3-12(23)7-11(13)8-17(18)24;/h9,12-17,19-20,23-24H,3-8,10H2,1-2H3;11-19,23-24H,3-9H2,1-2H3;1H4/t12-,13-,14?,15?,16+,17-,19?,20-,21-;11?,12-,13-,14?,15?,16+,17-,18?,19-,20-;/m00./s1. The van der Waals surface area contributed by atoms with Crippen molar-refractivity contribution in [2.75, 3.05) is 0 Å². The first-order chi connectivity index (χ1) is 24.2. The number of ether oxygens (including phenoxy) is 2. The highest BCUT2D eigenvalue weighted by atomic mass is 79.9. The summed E-state index contributed by atoms with van der Waals surface area (Å²) in [7, 11) is 0. The molecule has 7 unspecified atom stereocenters. The average molecular weight is 859 g/mol. The van der Waals surface area contributed by atoms with Crippen LogP contribution in [-0.2, 0) is 19.1 Å². The number of aliphatic hydroxyl groups is 4. The second-order valence-corrected chi connectivity index (χ2v) is 20.9. The topological polar surface area (TPSA) is 134 Å². The Bertz CT molecular complexity index is 1340. The molecule has 7 fully saturated rings. The number of aliphatic hydroxyl groups excluding tert-OH is 4. The number of hydrogen-bond acceptors (Lipinski definition) is 8. The molecule has 8 aliphatic rings. The van der Waals surface area contributed by atoms with Gasteiger partial charge in [-0.15, -0.1) is 0 Å². The van der Waals surface area contributed by atoms with Gasteiger partial charge in [-0.2, -0.15) is 0 Å². The van der Waals surface area contributed by atoms with E-state index >= 15 is 0 Å². The van der Waals surface area contributed by atoms with Gasteiger partial charge in [0, 0.05) is 24.2 Å². The zero-order chi connectivity index (χ0) is 36.6. The second kappa shape index (κ2) is 15.8. The van der Waals surface area contributed by atoms with Crippen molar-refractivity contribution in [3.05, 3.63) is 11.6 Å². The molecule has 19 atom stereocenters. The van der Waals surface area contributed by atoms with E-state index in [1.165, 1.54) is 12.5 Å². The fourth-order valence-corrected chi connectivity index (χ4v) is 16.0. The molecule has 8 nitrogen and oxygen atoms in total. The van der Waals surface area contributed by atoms with Crippen molar-refractivity contribution in [1.82, 2.24) is 0 Å². The van der Waals surface area contributed by atoms with E-state index in [1.54, 1.807) is 0 Å². The van der Waals surface area contributed by atoms with Gasteiger partial charge in [0.15, 0.2) is 0 Å². The molecular weight excluding hydrogens is 792 g/mol. The molecule has 52 heavy (non-hydrogen) atoms. The molecular formula is C42H66Br2O8. The number of carbonyl (C=O) groups excluding carboxylic acids is 2. The van der Waals surface area contributed by atoms with E-state index in [-0.39, 0.29) is 76.3 Å². The number of fused-ring (bicyclic) bond motifs is 10. The minimum absolute atomic E-state index is 0. The third kappa shape index (κ3) is 7.16. The van der Waals surface area contributed by atoms with E-state index < -0.39 is 6.10 Å². The molecule has 0 bridgehead atoms. The van der Waals surface area contributed by atoms with Gasteiger partial charge in [0.25, 0.3) is 0 Å². The third-order valence-corrected chi connectivity index (χ3v) is 17.7. The van der Waals surface area contributed by atoms with Crippen molar-refractivity contribution < 1.29 is 39.5 Å². The van der Waals surface area contributed by atoms with Crippen LogP contribution in [0.2, 0.25) is 0 Å². The Morgan fingerprint density at radius 2 is 1.37 bits per heavy atom. The summed E-state index contributed by atoms with van der Waals surface area (Å²) in [5.41, 5.74) is 1.17. The summed E-state index contributed by atoms with van der Waals surface area (Å²) in [5.74, 6) is 3.70. The lowest BCUT2D eigenvalue weighted by Crippen LogP contribution is -2.55. The summed E-state index contributed by atoms with van der Waals surface area (Å²) in [6.07, 6.45) is 13.7. The van der Waals surface area contributed by atoms with Crippen LogP contribution >= 0.6 is 31.9 Å². The van der Waals surface area contributed by atoms with Gasteiger partial charge in [-0.05, 0) is 137 Å². The number of alkyl halides is 2. The van der Waals surface area contributed by atoms with E-state index in [0.29, 0.717) is 53.8 Å². The second-order valence-electron chi connectivity index (χ2n) is 18.5. The number of rotatable bonds is 3. The molecule has 0 saturated heterocycles. The Balaban J connectivity index is 0.000000175. The van der Waals surface area contributed by atoms with E-state index in [1.807, 2.05) is 6.92 Å². The van der Waals surface area contributed by atoms with E-state index in [2.05, 4.69) is 51.8 Å². The van der Waals surface area contributed by atoms with Crippen LogP contribution in [0.15, 0.2) is 11.6 Å². The van der Waals surface area contributed by atoms with Crippen LogP contribution in [0.4, 0.5) is 0 Å². The Morgan fingerprint density at radius 3 is 2.00 bits per heavy atom. The van der Waals surface area contributed by atoms with Gasteiger partial charge in [-0.25, -0.2) is 0 Å². The highest BCUT2D eigenvalue weighted by Crippen LogP contribution is 2.65. The molecule has 0 aliphatic heterocycles. The first kappa shape index (κ1) is 41.1. The highest BCUT2D eigenvalue weighted by Gasteiger charge is 2.64. The summed E-state index contributed by atoms with van der Waals surface area (Å²) in [4.78, 5) is 23.9. The molecule has 8 rings (SSSR count). The fraction of sp³-hybridized carbons (Fsp3) is 0.905. The Labute approximate surface area is 328 Å². The summed E-state index contributed by atoms with van der Waals surface area (Å²) >= 11 is 7.57. The van der Waals surface area contributed by atoms with Crippen LogP contribution in [0.3, 0.4) is 0 Å². The van der Waals surface area contributed by atoms with Gasteiger partial charge in [0.1, 0.15) is 12.2 Å². The monoisotopic (exact) mass is 856 g/mol. The van der Waals surface area contributed by atoms with Crippen molar-refractivity contribution in [3.8, 4) is 0 Å². The SMILES string of the molecule is C.CC(=O)O[C@H]1[C@H](Br)CC2C3C(CC[C@@]21C)[C@H]1CC[C@H](O)CC1C[C@@H]3O.CCC(=O)O[C@H]1[C@H](Br)CC2C3C(CC[C@@]21C)[C@H]1CC[C@H](O)CC1=C[C@@H]3O. The third-order valence-electron chi connectivity index (χ3n) is 16.0. The predicted molar refractivity (Wildman–Crippen MR) is 208 cm³/mol. The maximum absolute atomic E-state index is 12.0. The van der Waals surface area contributed by atoms with E-state index in [4.69, 9.17) is 9.47 Å². The quantitative estimate of drug-likeness (QED) is 0.130. The van der Waals surface area contributed by atoms with Gasteiger partial charge in [0.05, 0.1) is 34.1 Å². The first-order valence-corrected chi connectivity index (χ1v) is 22.1. The molecule has 0 spiro atoms. The lowest BCUT2D eigenvalue weighted by Gasteiger charge is -2.57. The van der Waals surface area contributed by atoms with Crippen LogP contribution < -0.4 is 0 Å². The summed E-state index contributed by atoms with van der Waals surface area (Å²) in [5, 5.41) is 42.1. The average Bonchev–Trinajstić information content (AvgIpc) is 3.47. The number of hydrogen-bond donors (Lipinski definition) is 4. The van der Waals surface area contributed by atoms with Gasteiger partial charge in [0.2, 0.25) is 0 Å². The van der Waals surface area contributed by atoms with Gasteiger partial charge in [-0.1, -0.05) is 71.7 Å². The molecule has 0 radical (unpaired) electrons. The van der Waals surface area contributed by atoms with Crippen LogP contribution in [0.5, 0.6) is 0 Å². The van der Waals surface area contributed by atoms with Crippen molar-refractivity contribution >= 4 is 43.8 Å². The highest BCUT2D eigenvalue weighted by molar-refractivity contribution is 9.09. The first-order valence-electron chi connectivity index (χ1n) is 20.2. The van der Waals surface area contributed by atoms with E-state index in [0.717, 1.165) is 83.5 Å². The maximum Gasteiger partial charge on any atom is 0.305 e. The van der Waals surface area contributed by atoms with Crippen molar-refractivity contribution in [2.45, 2.75) is 171 Å². The molecule has 7 saturated carbocycles. The lowest BCUT2D eigenvalue weighted by atomic mass is 9.49.